The van der Waals surface area contributed by atoms with Gasteiger partial charge in [-0.1, -0.05) is 5.16 Å². The van der Waals surface area contributed by atoms with Crippen molar-refractivity contribution in [2.45, 2.75) is 0 Å². The maximum absolute atomic E-state index is 4.48. The van der Waals surface area contributed by atoms with Crippen molar-refractivity contribution in [3.8, 4) is 0 Å². The average molecular weight is 139 g/mol. The van der Waals surface area contributed by atoms with Gasteiger partial charge >= 0.3 is 0 Å². The maximum atomic E-state index is 4.48. The molecule has 0 unspecified atom stereocenters. The molecule has 0 aliphatic carbocycles. The molecule has 0 aromatic carbocycles. The Labute approximate surface area is 59.1 Å². The minimum Gasteiger partial charge on any atom is -0.399 e. The fourth-order valence-electron chi connectivity index (χ4n) is 0.606. The first-order valence-corrected chi connectivity index (χ1v) is 2.87. The first-order valence-electron chi connectivity index (χ1n) is 2.87. The highest BCUT2D eigenvalue weighted by molar-refractivity contribution is 5.75. The van der Waals surface area contributed by atoms with Crippen molar-refractivity contribution < 1.29 is 4.84 Å². The van der Waals surface area contributed by atoms with Crippen LogP contribution < -0.4 is 0 Å². The summed E-state index contributed by atoms with van der Waals surface area (Å²) in [5, 5.41) is 3.55. The molecule has 1 aromatic rings. The van der Waals surface area contributed by atoms with Gasteiger partial charge < -0.3 is 9.40 Å². The first kappa shape index (κ1) is 6.80. The number of hydrogen-bond donors (Lipinski definition) is 0. The smallest absolute Gasteiger partial charge is 0.106 e. The van der Waals surface area contributed by atoms with Gasteiger partial charge in [0.05, 0.1) is 12.5 Å². The number of nitrogens with zero attached hydrogens (tertiary/aromatic N) is 3. The van der Waals surface area contributed by atoms with Crippen LogP contribution in [0, 0.1) is 0 Å². The Morgan fingerprint density at radius 1 is 1.80 bits per heavy atom. The lowest BCUT2D eigenvalue weighted by Crippen LogP contribution is -1.81. The van der Waals surface area contributed by atoms with Crippen molar-refractivity contribution in [3.05, 3.63) is 18.2 Å². The molecule has 0 amide bonds. The third-order valence-corrected chi connectivity index (χ3v) is 1.02. The van der Waals surface area contributed by atoms with E-state index in [9.17, 15) is 0 Å². The van der Waals surface area contributed by atoms with E-state index in [1.165, 1.54) is 7.11 Å². The minimum absolute atomic E-state index is 0.796. The van der Waals surface area contributed by atoms with Gasteiger partial charge in [0, 0.05) is 13.2 Å². The number of aryl methyl sites for hydroxylation is 1. The largest absolute Gasteiger partial charge is 0.399 e. The molecule has 4 heteroatoms. The zero-order valence-electron chi connectivity index (χ0n) is 5.98. The predicted molar refractivity (Wildman–Crippen MR) is 37.8 cm³/mol. The number of rotatable bonds is 2. The monoisotopic (exact) mass is 139 g/mol. The van der Waals surface area contributed by atoms with Crippen LogP contribution >= 0.6 is 0 Å². The molecule has 1 rings (SSSR count). The van der Waals surface area contributed by atoms with Crippen molar-refractivity contribution in [2.24, 2.45) is 12.2 Å². The molecule has 0 N–H and O–H groups in total. The van der Waals surface area contributed by atoms with Gasteiger partial charge in [-0.25, -0.2) is 4.98 Å². The molecule has 0 aliphatic rings. The van der Waals surface area contributed by atoms with Crippen LogP contribution in [0.5, 0.6) is 0 Å². The van der Waals surface area contributed by atoms with Gasteiger partial charge in [-0.3, -0.25) is 0 Å². The molecule has 0 fully saturated rings. The Morgan fingerprint density at radius 3 is 3.10 bits per heavy atom. The molecular formula is C6H9N3O. The van der Waals surface area contributed by atoms with Crippen molar-refractivity contribution in [3.63, 3.8) is 0 Å². The third kappa shape index (κ3) is 1.58. The number of hydrogen-bond acceptors (Lipinski definition) is 3. The molecular weight excluding hydrogens is 130 g/mol. The van der Waals surface area contributed by atoms with Crippen molar-refractivity contribution in [1.29, 1.82) is 0 Å². The van der Waals surface area contributed by atoms with Crippen LogP contribution in [0.1, 0.15) is 5.69 Å². The highest BCUT2D eigenvalue weighted by Crippen LogP contribution is 1.88. The number of imidazole rings is 1. The van der Waals surface area contributed by atoms with Gasteiger partial charge in [0.15, 0.2) is 0 Å². The Hall–Kier alpha value is -1.32. The molecule has 0 bridgehead atoms. The lowest BCUT2D eigenvalue weighted by atomic mass is 10.5. The molecule has 1 heterocycles. The van der Waals surface area contributed by atoms with Gasteiger partial charge in [0.2, 0.25) is 0 Å². The van der Waals surface area contributed by atoms with E-state index in [-0.39, 0.29) is 0 Å². The molecule has 0 atom stereocenters. The van der Waals surface area contributed by atoms with E-state index in [0.29, 0.717) is 0 Å². The summed E-state index contributed by atoms with van der Waals surface area (Å²) >= 11 is 0. The maximum Gasteiger partial charge on any atom is 0.106 e. The summed E-state index contributed by atoms with van der Waals surface area (Å²) in [4.78, 5) is 8.46. The zero-order valence-corrected chi connectivity index (χ0v) is 5.98. The number of aromatic nitrogens is 2. The molecule has 54 valence electrons. The predicted octanol–water partition coefficient (Wildman–Crippen LogP) is 0.400. The van der Waals surface area contributed by atoms with Crippen LogP contribution in [-0.4, -0.2) is 22.9 Å². The van der Waals surface area contributed by atoms with E-state index < -0.39 is 0 Å². The van der Waals surface area contributed by atoms with Crippen molar-refractivity contribution in [2.75, 3.05) is 7.11 Å². The molecule has 10 heavy (non-hydrogen) atoms. The van der Waals surface area contributed by atoms with Crippen LogP contribution in [-0.2, 0) is 11.9 Å². The van der Waals surface area contributed by atoms with Crippen LogP contribution in [0.25, 0.3) is 0 Å². The second kappa shape index (κ2) is 3.00. The summed E-state index contributed by atoms with van der Waals surface area (Å²) in [6.45, 7) is 0. The lowest BCUT2D eigenvalue weighted by Gasteiger charge is -1.82. The lowest BCUT2D eigenvalue weighted by molar-refractivity contribution is 0.215. The minimum atomic E-state index is 0.796. The second-order valence-corrected chi connectivity index (χ2v) is 1.88. The zero-order chi connectivity index (χ0) is 7.40. The average Bonchev–Trinajstić information content (AvgIpc) is 2.31. The quantitative estimate of drug-likeness (QED) is 0.439. The molecule has 4 nitrogen and oxygen atoms in total. The molecule has 0 spiro atoms. The van der Waals surface area contributed by atoms with E-state index in [0.717, 1.165) is 5.69 Å². The van der Waals surface area contributed by atoms with Gasteiger partial charge in [0.1, 0.15) is 12.8 Å². The second-order valence-electron chi connectivity index (χ2n) is 1.88. The highest BCUT2D eigenvalue weighted by atomic mass is 16.6. The van der Waals surface area contributed by atoms with E-state index in [1.807, 2.05) is 17.8 Å². The van der Waals surface area contributed by atoms with Gasteiger partial charge in [-0.15, -0.1) is 0 Å². The van der Waals surface area contributed by atoms with Crippen molar-refractivity contribution in [1.82, 2.24) is 9.55 Å². The third-order valence-electron chi connectivity index (χ3n) is 1.02. The van der Waals surface area contributed by atoms with Crippen LogP contribution in [0.15, 0.2) is 17.7 Å². The fraction of sp³-hybridized carbons (Fsp3) is 0.333. The number of oxime groups is 1. The van der Waals surface area contributed by atoms with E-state index in [2.05, 4.69) is 15.0 Å². The SMILES string of the molecule is CO/N=C/c1cn(C)cn1. The summed E-state index contributed by atoms with van der Waals surface area (Å²) < 4.78 is 1.84. The van der Waals surface area contributed by atoms with Gasteiger partial charge in [0.25, 0.3) is 0 Å². The molecule has 0 saturated carbocycles. The van der Waals surface area contributed by atoms with Crippen LogP contribution in [0.2, 0.25) is 0 Å². The Kier molecular flexibility index (Phi) is 2.04. The summed E-state index contributed by atoms with van der Waals surface area (Å²) in [7, 11) is 3.40. The summed E-state index contributed by atoms with van der Waals surface area (Å²) in [5.41, 5.74) is 0.796. The van der Waals surface area contributed by atoms with Crippen LogP contribution in [0.3, 0.4) is 0 Å². The highest BCUT2D eigenvalue weighted by Gasteiger charge is 1.88. The molecule has 0 saturated heterocycles. The standard InChI is InChI=1S/C6H9N3O/c1-9-4-6(7-5-9)3-8-10-2/h3-5H,1-2H3/b8-3+. The molecule has 1 aromatic heterocycles. The van der Waals surface area contributed by atoms with Crippen LogP contribution in [0.4, 0.5) is 0 Å². The van der Waals surface area contributed by atoms with E-state index in [4.69, 9.17) is 0 Å². The van der Waals surface area contributed by atoms with E-state index >= 15 is 0 Å². The Morgan fingerprint density at radius 2 is 2.60 bits per heavy atom. The Balaban J connectivity index is 2.67. The summed E-state index contributed by atoms with van der Waals surface area (Å²) in [6.07, 6.45) is 5.11. The van der Waals surface area contributed by atoms with Crippen molar-refractivity contribution >= 4 is 6.21 Å². The van der Waals surface area contributed by atoms with Gasteiger partial charge in [-0.2, -0.15) is 0 Å². The first-order chi connectivity index (χ1) is 4.83. The molecule has 0 radical (unpaired) electrons. The van der Waals surface area contributed by atoms with Gasteiger partial charge in [-0.05, 0) is 0 Å². The fourth-order valence-corrected chi connectivity index (χ4v) is 0.606. The van der Waals surface area contributed by atoms with E-state index in [1.54, 1.807) is 12.5 Å². The normalized spacial score (nSPS) is 10.6. The molecule has 0 aliphatic heterocycles. The summed E-state index contributed by atoms with van der Waals surface area (Å²) in [5.74, 6) is 0. The Bertz CT molecular complexity index is 229. The topological polar surface area (TPSA) is 39.4 Å². The summed E-state index contributed by atoms with van der Waals surface area (Å²) in [6, 6.07) is 0.